The summed E-state index contributed by atoms with van der Waals surface area (Å²) in [4.78, 5) is 24.4. The number of thiocarbonyl (C=S) groups is 1. The predicted molar refractivity (Wildman–Crippen MR) is 116 cm³/mol. The number of hydrogen-bond donors (Lipinski definition) is 3. The molecule has 2 aromatic rings. The number of carbonyl (C=O) groups is 2. The zero-order chi connectivity index (χ0) is 20.4. The summed E-state index contributed by atoms with van der Waals surface area (Å²) >= 11 is 8.42. The maximum Gasteiger partial charge on any atom is 0.261 e. The van der Waals surface area contributed by atoms with Crippen molar-refractivity contribution in [2.24, 2.45) is 0 Å². The molecule has 0 atom stereocenters. The SMILES string of the molecule is CCCOc1ccc(Br)cc1C(=O)NC(=S)NNC(=O)CCc1ccccc1. The lowest BCUT2D eigenvalue weighted by Gasteiger charge is -2.13. The van der Waals surface area contributed by atoms with Crippen molar-refractivity contribution in [1.82, 2.24) is 16.2 Å². The molecular weight excluding hydrogens is 442 g/mol. The fourth-order valence-corrected chi connectivity index (χ4v) is 2.82. The zero-order valence-electron chi connectivity index (χ0n) is 15.5. The van der Waals surface area contributed by atoms with Crippen molar-refractivity contribution >= 4 is 45.1 Å². The van der Waals surface area contributed by atoms with Crippen LogP contribution in [-0.4, -0.2) is 23.5 Å². The third-order valence-electron chi connectivity index (χ3n) is 3.67. The molecule has 3 N–H and O–H groups in total. The van der Waals surface area contributed by atoms with E-state index < -0.39 is 5.91 Å². The van der Waals surface area contributed by atoms with Crippen LogP contribution >= 0.6 is 28.1 Å². The van der Waals surface area contributed by atoms with Crippen molar-refractivity contribution in [2.75, 3.05) is 6.61 Å². The van der Waals surface area contributed by atoms with E-state index >= 15 is 0 Å². The minimum Gasteiger partial charge on any atom is -0.493 e. The quantitative estimate of drug-likeness (QED) is 0.432. The number of nitrogens with one attached hydrogen (secondary N) is 3. The van der Waals surface area contributed by atoms with E-state index in [2.05, 4.69) is 32.1 Å². The van der Waals surface area contributed by atoms with Gasteiger partial charge in [-0.15, -0.1) is 0 Å². The lowest BCUT2D eigenvalue weighted by atomic mass is 10.1. The number of aryl methyl sites for hydroxylation is 1. The summed E-state index contributed by atoms with van der Waals surface area (Å²) in [6.07, 6.45) is 1.74. The maximum atomic E-state index is 12.5. The first-order valence-electron chi connectivity index (χ1n) is 8.86. The summed E-state index contributed by atoms with van der Waals surface area (Å²) in [5.41, 5.74) is 6.45. The van der Waals surface area contributed by atoms with Crippen LogP contribution in [0.1, 0.15) is 35.7 Å². The Morgan fingerprint density at radius 3 is 2.57 bits per heavy atom. The molecule has 0 bridgehead atoms. The Balaban J connectivity index is 1.83. The van der Waals surface area contributed by atoms with Crippen LogP contribution in [0.15, 0.2) is 53.0 Å². The van der Waals surface area contributed by atoms with Gasteiger partial charge in [-0.2, -0.15) is 0 Å². The molecular formula is C20H22BrN3O3S. The molecule has 2 rings (SSSR count). The van der Waals surface area contributed by atoms with E-state index in [1.807, 2.05) is 37.3 Å². The highest BCUT2D eigenvalue weighted by Gasteiger charge is 2.15. The van der Waals surface area contributed by atoms with Crippen LogP contribution in [0.2, 0.25) is 0 Å². The summed E-state index contributed by atoms with van der Waals surface area (Å²) in [5.74, 6) is -0.185. The van der Waals surface area contributed by atoms with Crippen molar-refractivity contribution < 1.29 is 14.3 Å². The molecule has 0 aromatic heterocycles. The molecule has 8 heteroatoms. The first-order valence-corrected chi connectivity index (χ1v) is 10.1. The molecule has 0 fully saturated rings. The van der Waals surface area contributed by atoms with E-state index in [9.17, 15) is 9.59 Å². The van der Waals surface area contributed by atoms with Crippen molar-refractivity contribution in [3.63, 3.8) is 0 Å². The number of rotatable bonds is 7. The summed E-state index contributed by atoms with van der Waals surface area (Å²) in [5, 5.41) is 2.53. The largest absolute Gasteiger partial charge is 0.493 e. The van der Waals surface area contributed by atoms with Gasteiger partial charge in [0, 0.05) is 10.9 Å². The topological polar surface area (TPSA) is 79.5 Å². The van der Waals surface area contributed by atoms with E-state index in [1.165, 1.54) is 0 Å². The molecule has 0 saturated carbocycles. The highest BCUT2D eigenvalue weighted by Crippen LogP contribution is 2.23. The Hall–Kier alpha value is -2.45. The van der Waals surface area contributed by atoms with Gasteiger partial charge in [0.2, 0.25) is 5.91 Å². The van der Waals surface area contributed by atoms with Gasteiger partial charge < -0.3 is 4.74 Å². The maximum absolute atomic E-state index is 12.5. The van der Waals surface area contributed by atoms with Gasteiger partial charge in [0.05, 0.1) is 12.2 Å². The van der Waals surface area contributed by atoms with Gasteiger partial charge in [0.25, 0.3) is 5.91 Å². The van der Waals surface area contributed by atoms with E-state index in [1.54, 1.807) is 18.2 Å². The van der Waals surface area contributed by atoms with Gasteiger partial charge in [-0.25, -0.2) is 0 Å². The standard InChI is InChI=1S/C20H22BrN3O3S/c1-2-12-27-17-10-9-15(21)13-16(17)19(26)22-20(28)24-23-18(25)11-8-14-6-4-3-5-7-14/h3-7,9-10,13H,2,8,11-12H2,1H3,(H,23,25)(H2,22,24,26,28). The molecule has 0 aliphatic carbocycles. The van der Waals surface area contributed by atoms with Gasteiger partial charge >= 0.3 is 0 Å². The number of ether oxygens (including phenoxy) is 1. The number of amides is 2. The molecule has 2 aromatic carbocycles. The second-order valence-corrected chi connectivity index (χ2v) is 7.25. The van der Waals surface area contributed by atoms with E-state index in [0.29, 0.717) is 30.8 Å². The lowest BCUT2D eigenvalue weighted by Crippen LogP contribution is -2.48. The number of hydrazine groups is 1. The summed E-state index contributed by atoms with van der Waals surface area (Å²) in [7, 11) is 0. The number of carbonyl (C=O) groups excluding carboxylic acids is 2. The molecule has 0 aliphatic heterocycles. The number of hydrogen-bond acceptors (Lipinski definition) is 4. The zero-order valence-corrected chi connectivity index (χ0v) is 17.9. The van der Waals surface area contributed by atoms with Crippen LogP contribution in [0.4, 0.5) is 0 Å². The Bertz CT molecular complexity index is 831. The second kappa shape index (κ2) is 11.4. The van der Waals surface area contributed by atoms with Crippen LogP contribution in [0, 0.1) is 0 Å². The predicted octanol–water partition coefficient (Wildman–Crippen LogP) is 3.51. The first-order chi connectivity index (χ1) is 13.5. The minimum atomic E-state index is -0.427. The van der Waals surface area contributed by atoms with Crippen molar-refractivity contribution in [2.45, 2.75) is 26.2 Å². The fraction of sp³-hybridized carbons (Fsp3) is 0.250. The molecule has 0 unspecified atom stereocenters. The molecule has 0 spiro atoms. The Kier molecular flexibility index (Phi) is 8.90. The van der Waals surface area contributed by atoms with E-state index in [0.717, 1.165) is 16.5 Å². The summed E-state index contributed by atoms with van der Waals surface area (Å²) in [6, 6.07) is 14.9. The smallest absolute Gasteiger partial charge is 0.261 e. The van der Waals surface area contributed by atoms with Gasteiger partial charge in [0.15, 0.2) is 5.11 Å². The fourth-order valence-electron chi connectivity index (χ4n) is 2.31. The molecule has 0 heterocycles. The Labute approximate surface area is 178 Å². The normalized spacial score (nSPS) is 10.1. The van der Waals surface area contributed by atoms with Gasteiger partial charge in [-0.1, -0.05) is 53.2 Å². The van der Waals surface area contributed by atoms with E-state index in [4.69, 9.17) is 17.0 Å². The molecule has 0 radical (unpaired) electrons. The highest BCUT2D eigenvalue weighted by molar-refractivity contribution is 9.10. The van der Waals surface area contributed by atoms with Crippen molar-refractivity contribution in [3.8, 4) is 5.75 Å². The van der Waals surface area contributed by atoms with Gasteiger partial charge in [-0.05, 0) is 48.8 Å². The molecule has 6 nitrogen and oxygen atoms in total. The second-order valence-electron chi connectivity index (χ2n) is 5.93. The first kappa shape index (κ1) is 21.8. The van der Waals surface area contributed by atoms with Crippen LogP contribution < -0.4 is 20.9 Å². The summed E-state index contributed by atoms with van der Waals surface area (Å²) < 4.78 is 6.35. The van der Waals surface area contributed by atoms with Crippen molar-refractivity contribution in [1.29, 1.82) is 0 Å². The third kappa shape index (κ3) is 7.28. The highest BCUT2D eigenvalue weighted by atomic mass is 79.9. The average molecular weight is 464 g/mol. The minimum absolute atomic E-state index is 0.000483. The number of halogens is 1. The summed E-state index contributed by atoms with van der Waals surface area (Å²) in [6.45, 7) is 2.49. The van der Waals surface area contributed by atoms with Crippen LogP contribution in [0.25, 0.3) is 0 Å². The van der Waals surface area contributed by atoms with Crippen LogP contribution in [-0.2, 0) is 11.2 Å². The monoisotopic (exact) mass is 463 g/mol. The Morgan fingerprint density at radius 1 is 1.11 bits per heavy atom. The van der Waals surface area contributed by atoms with Crippen molar-refractivity contribution in [3.05, 3.63) is 64.1 Å². The third-order valence-corrected chi connectivity index (χ3v) is 4.37. The Morgan fingerprint density at radius 2 is 1.86 bits per heavy atom. The van der Waals surface area contributed by atoms with E-state index in [-0.39, 0.29) is 11.0 Å². The molecule has 2 amide bonds. The average Bonchev–Trinajstić information content (AvgIpc) is 2.70. The molecule has 148 valence electrons. The molecule has 0 saturated heterocycles. The lowest BCUT2D eigenvalue weighted by molar-refractivity contribution is -0.121. The molecule has 0 aliphatic rings. The van der Waals surface area contributed by atoms with Gasteiger partial charge in [-0.3, -0.25) is 25.8 Å². The van der Waals surface area contributed by atoms with Crippen LogP contribution in [0.5, 0.6) is 5.75 Å². The van der Waals surface area contributed by atoms with Gasteiger partial charge in [0.1, 0.15) is 5.75 Å². The molecule has 28 heavy (non-hydrogen) atoms. The number of benzene rings is 2. The van der Waals surface area contributed by atoms with Crippen LogP contribution in [0.3, 0.4) is 0 Å².